The van der Waals surface area contributed by atoms with Crippen molar-refractivity contribution in [2.45, 2.75) is 57.3 Å². The Hall–Kier alpha value is -0.730. The first-order valence-electron chi connectivity index (χ1n) is 5.81. The summed E-state index contributed by atoms with van der Waals surface area (Å²) < 4.78 is 21.6. The van der Waals surface area contributed by atoms with Gasteiger partial charge in [0.1, 0.15) is 12.2 Å². The lowest BCUT2D eigenvalue weighted by atomic mass is 10.1. The van der Waals surface area contributed by atoms with Gasteiger partial charge in [0.25, 0.3) is 0 Å². The average molecular weight is 262 g/mol. The molecule has 0 aliphatic carbocycles. The molecule has 2 rings (SSSR count). The number of hydrogen-bond acceptors (Lipinski definition) is 7. The second-order valence-corrected chi connectivity index (χ2v) is 4.89. The zero-order valence-corrected chi connectivity index (χ0v) is 10.5. The molecular weight excluding hydrogens is 244 g/mol. The first kappa shape index (κ1) is 13.7. The average Bonchev–Trinajstić information content (AvgIpc) is 2.71. The van der Waals surface area contributed by atoms with Gasteiger partial charge in [0.15, 0.2) is 24.3 Å². The highest BCUT2D eigenvalue weighted by molar-refractivity contribution is 5.66. The summed E-state index contributed by atoms with van der Waals surface area (Å²) in [6.45, 7) is 4.20. The van der Waals surface area contributed by atoms with Crippen molar-refractivity contribution in [2.24, 2.45) is 0 Å². The Labute approximate surface area is 105 Å². The minimum Gasteiger partial charge on any atom is -0.457 e. The number of ether oxygens (including phenoxy) is 4. The fourth-order valence-corrected chi connectivity index (χ4v) is 2.24. The Morgan fingerprint density at radius 1 is 1.44 bits per heavy atom. The lowest BCUT2D eigenvalue weighted by molar-refractivity contribution is -0.230. The molecule has 7 nitrogen and oxygen atoms in total. The quantitative estimate of drug-likeness (QED) is 0.639. The summed E-state index contributed by atoms with van der Waals surface area (Å²) in [5, 5.41) is 18.6. The molecule has 2 heterocycles. The normalized spacial score (nSPS) is 39.4. The van der Waals surface area contributed by atoms with Gasteiger partial charge in [-0.15, -0.1) is 0 Å². The molecule has 7 heteroatoms. The van der Waals surface area contributed by atoms with Gasteiger partial charge in [0.2, 0.25) is 0 Å². The highest BCUT2D eigenvalue weighted by Crippen LogP contribution is 2.39. The van der Waals surface area contributed by atoms with Crippen LogP contribution in [-0.2, 0) is 23.7 Å². The van der Waals surface area contributed by atoms with Crippen LogP contribution >= 0.6 is 0 Å². The minimum absolute atomic E-state index is 0.495. The van der Waals surface area contributed by atoms with Crippen LogP contribution in [0, 0.1) is 0 Å². The number of aliphatic hydroxyl groups excluding tert-OH is 2. The van der Waals surface area contributed by atoms with Crippen LogP contribution in [0.3, 0.4) is 0 Å². The van der Waals surface area contributed by atoms with E-state index in [-0.39, 0.29) is 0 Å². The number of esters is 1. The van der Waals surface area contributed by atoms with E-state index in [9.17, 15) is 9.90 Å². The maximum atomic E-state index is 11.1. The van der Waals surface area contributed by atoms with Gasteiger partial charge in [-0.3, -0.25) is 4.79 Å². The van der Waals surface area contributed by atoms with Gasteiger partial charge in [-0.05, 0) is 13.8 Å². The van der Waals surface area contributed by atoms with Crippen LogP contribution in [0.1, 0.15) is 20.8 Å². The van der Waals surface area contributed by atoms with Gasteiger partial charge >= 0.3 is 5.97 Å². The summed E-state index contributed by atoms with van der Waals surface area (Å²) in [6, 6.07) is 0. The van der Waals surface area contributed by atoms with Crippen molar-refractivity contribution in [3.05, 3.63) is 0 Å². The molecule has 18 heavy (non-hydrogen) atoms. The number of aliphatic hydroxyl groups is 2. The summed E-state index contributed by atoms with van der Waals surface area (Å²) in [5.41, 5.74) is 0. The lowest BCUT2D eigenvalue weighted by Crippen LogP contribution is -2.44. The molecule has 0 saturated carbocycles. The van der Waals surface area contributed by atoms with E-state index in [1.54, 1.807) is 13.8 Å². The summed E-state index contributed by atoms with van der Waals surface area (Å²) in [4.78, 5) is 11.1. The predicted octanol–water partition coefficient (Wildman–Crippen LogP) is -0.852. The fraction of sp³-hybridized carbons (Fsp3) is 0.909. The van der Waals surface area contributed by atoms with Crippen molar-refractivity contribution >= 4 is 5.97 Å². The molecule has 0 radical (unpaired) electrons. The highest BCUT2D eigenvalue weighted by atomic mass is 16.8. The Morgan fingerprint density at radius 3 is 2.67 bits per heavy atom. The lowest BCUT2D eigenvalue weighted by Gasteiger charge is -2.27. The maximum absolute atomic E-state index is 11.1. The molecule has 5 atom stereocenters. The van der Waals surface area contributed by atoms with Gasteiger partial charge in [0.05, 0.1) is 6.61 Å². The number of carbonyl (C=O) groups is 1. The van der Waals surface area contributed by atoms with E-state index in [1.165, 1.54) is 6.92 Å². The third-order valence-corrected chi connectivity index (χ3v) is 2.90. The van der Waals surface area contributed by atoms with Gasteiger partial charge < -0.3 is 29.2 Å². The van der Waals surface area contributed by atoms with Gasteiger partial charge in [-0.1, -0.05) is 0 Å². The molecule has 0 aromatic carbocycles. The molecule has 0 spiro atoms. The van der Waals surface area contributed by atoms with E-state index in [4.69, 9.17) is 24.1 Å². The number of fused-ring (bicyclic) bond motifs is 1. The predicted molar refractivity (Wildman–Crippen MR) is 57.3 cm³/mol. The Morgan fingerprint density at radius 2 is 2.11 bits per heavy atom. The zero-order valence-electron chi connectivity index (χ0n) is 10.5. The second kappa shape index (κ2) is 4.75. The Bertz CT molecular complexity index is 329. The molecule has 2 aliphatic rings. The maximum Gasteiger partial charge on any atom is 0.303 e. The second-order valence-electron chi connectivity index (χ2n) is 4.89. The van der Waals surface area contributed by atoms with Gasteiger partial charge in [0, 0.05) is 6.92 Å². The number of hydrogen-bond donors (Lipinski definition) is 2. The Kier molecular flexibility index (Phi) is 3.61. The molecule has 0 aromatic rings. The summed E-state index contributed by atoms with van der Waals surface area (Å²) in [5.74, 6) is -1.34. The van der Waals surface area contributed by atoms with E-state index < -0.39 is 49.1 Å². The largest absolute Gasteiger partial charge is 0.457 e. The van der Waals surface area contributed by atoms with Gasteiger partial charge in [-0.2, -0.15) is 0 Å². The molecule has 0 bridgehead atoms. The third-order valence-electron chi connectivity index (χ3n) is 2.90. The van der Waals surface area contributed by atoms with E-state index in [2.05, 4.69) is 0 Å². The van der Waals surface area contributed by atoms with Crippen molar-refractivity contribution in [2.75, 3.05) is 6.61 Å². The van der Waals surface area contributed by atoms with Crippen molar-refractivity contribution < 1.29 is 34.0 Å². The van der Waals surface area contributed by atoms with Crippen LogP contribution < -0.4 is 0 Å². The fourth-order valence-electron chi connectivity index (χ4n) is 2.24. The third kappa shape index (κ3) is 2.50. The SMILES string of the molecule is CC(=O)O[C@H]1[C@H]([C@@H](O)CO)O[C@@H]2OC(C)(C)O[C@@H]21. The van der Waals surface area contributed by atoms with Crippen LogP contribution in [0.15, 0.2) is 0 Å². The van der Waals surface area contributed by atoms with Crippen LogP contribution in [0.5, 0.6) is 0 Å². The number of carbonyl (C=O) groups excluding carboxylic acids is 1. The molecule has 0 amide bonds. The molecule has 0 unspecified atom stereocenters. The first-order valence-corrected chi connectivity index (χ1v) is 5.81. The molecule has 104 valence electrons. The van der Waals surface area contributed by atoms with E-state index in [0.29, 0.717) is 0 Å². The van der Waals surface area contributed by atoms with Crippen molar-refractivity contribution in [1.29, 1.82) is 0 Å². The zero-order chi connectivity index (χ0) is 13.5. The molecule has 0 aromatic heterocycles. The molecule has 2 aliphatic heterocycles. The van der Waals surface area contributed by atoms with Crippen LogP contribution in [0.2, 0.25) is 0 Å². The Balaban J connectivity index is 2.14. The van der Waals surface area contributed by atoms with Gasteiger partial charge in [-0.25, -0.2) is 0 Å². The van der Waals surface area contributed by atoms with Crippen molar-refractivity contribution in [1.82, 2.24) is 0 Å². The van der Waals surface area contributed by atoms with E-state index >= 15 is 0 Å². The van der Waals surface area contributed by atoms with Crippen LogP contribution in [0.4, 0.5) is 0 Å². The van der Waals surface area contributed by atoms with Crippen LogP contribution in [-0.4, -0.2) is 59.3 Å². The highest BCUT2D eigenvalue weighted by Gasteiger charge is 2.57. The molecule has 2 fully saturated rings. The standard InChI is InChI=1S/C11H18O7/c1-5(13)15-8-7(6(14)4-12)16-10-9(8)17-11(2,3)18-10/h6-10,12,14H,4H2,1-3H3/t6-,7-,8-,9+,10+/m0/s1. The van der Waals surface area contributed by atoms with Crippen molar-refractivity contribution in [3.8, 4) is 0 Å². The van der Waals surface area contributed by atoms with Crippen molar-refractivity contribution in [3.63, 3.8) is 0 Å². The summed E-state index contributed by atoms with van der Waals surface area (Å²) in [7, 11) is 0. The molecule has 2 saturated heterocycles. The molecular formula is C11H18O7. The van der Waals surface area contributed by atoms with Crippen LogP contribution in [0.25, 0.3) is 0 Å². The van der Waals surface area contributed by atoms with E-state index in [1.807, 2.05) is 0 Å². The summed E-state index contributed by atoms with van der Waals surface area (Å²) in [6.07, 6.45) is -4.12. The molecule has 2 N–H and O–H groups in total. The number of rotatable bonds is 3. The minimum atomic E-state index is -1.16. The van der Waals surface area contributed by atoms with E-state index in [0.717, 1.165) is 0 Å². The smallest absolute Gasteiger partial charge is 0.303 e. The monoisotopic (exact) mass is 262 g/mol. The topological polar surface area (TPSA) is 94.5 Å². The summed E-state index contributed by atoms with van der Waals surface area (Å²) >= 11 is 0. The first-order chi connectivity index (χ1) is 8.34.